The number of hydrogen-bond acceptors (Lipinski definition) is 5. The molecular formula is C16H17ClN2O4. The van der Waals surface area contributed by atoms with Gasteiger partial charge in [-0.15, -0.1) is 0 Å². The van der Waals surface area contributed by atoms with Crippen LogP contribution in [-0.4, -0.2) is 24.1 Å². The molecule has 0 saturated heterocycles. The Labute approximate surface area is 138 Å². The van der Waals surface area contributed by atoms with Crippen LogP contribution >= 0.6 is 11.6 Å². The number of aryl methyl sites for hydroxylation is 1. The Balaban J connectivity index is 2.29. The zero-order valence-electron chi connectivity index (χ0n) is 13.3. The number of nitrogens with zero attached hydrogens (tertiary/aromatic N) is 1. The molecule has 7 heteroatoms. The number of nitrogens with one attached hydrogen (secondary N) is 1. The third-order valence-electron chi connectivity index (χ3n) is 3.36. The van der Waals surface area contributed by atoms with Crippen LogP contribution in [0.1, 0.15) is 45.8 Å². The van der Waals surface area contributed by atoms with Crippen LogP contribution in [0.25, 0.3) is 0 Å². The molecule has 0 spiro atoms. The van der Waals surface area contributed by atoms with Gasteiger partial charge in [0, 0.05) is 0 Å². The molecule has 1 amide bonds. The van der Waals surface area contributed by atoms with E-state index in [2.05, 4.69) is 15.2 Å². The number of amides is 1. The molecule has 0 fully saturated rings. The summed E-state index contributed by atoms with van der Waals surface area (Å²) in [5.41, 5.74) is 0.777. The van der Waals surface area contributed by atoms with Gasteiger partial charge in [-0.05, 0) is 38.5 Å². The van der Waals surface area contributed by atoms with E-state index in [1.54, 1.807) is 32.0 Å². The summed E-state index contributed by atoms with van der Waals surface area (Å²) < 4.78 is 9.53. The van der Waals surface area contributed by atoms with Crippen molar-refractivity contribution in [1.82, 2.24) is 10.5 Å². The lowest BCUT2D eigenvalue weighted by molar-refractivity contribution is 0.0595. The molecule has 0 saturated carbocycles. The van der Waals surface area contributed by atoms with Crippen molar-refractivity contribution in [2.24, 2.45) is 0 Å². The van der Waals surface area contributed by atoms with Gasteiger partial charge in [0.05, 0.1) is 23.2 Å². The number of rotatable bonds is 4. The van der Waals surface area contributed by atoms with Gasteiger partial charge in [0.1, 0.15) is 17.5 Å². The molecule has 122 valence electrons. The van der Waals surface area contributed by atoms with Crippen molar-refractivity contribution >= 4 is 23.5 Å². The molecule has 2 aromatic rings. The average molecular weight is 337 g/mol. The highest BCUT2D eigenvalue weighted by atomic mass is 35.5. The van der Waals surface area contributed by atoms with E-state index in [-0.39, 0.29) is 17.2 Å². The first-order chi connectivity index (χ1) is 10.8. The normalized spacial score (nSPS) is 11.2. The monoisotopic (exact) mass is 336 g/mol. The third kappa shape index (κ3) is 3.53. The van der Waals surface area contributed by atoms with E-state index in [9.17, 15) is 9.59 Å². The van der Waals surface area contributed by atoms with Gasteiger partial charge in [-0.25, -0.2) is 4.79 Å². The Morgan fingerprint density at radius 2 is 2.00 bits per heavy atom. The maximum Gasteiger partial charge on any atom is 0.343 e. The number of carbonyl (C=O) groups excluding carboxylic acids is 2. The van der Waals surface area contributed by atoms with Gasteiger partial charge in [-0.3, -0.25) is 4.79 Å². The van der Waals surface area contributed by atoms with Crippen LogP contribution in [0.15, 0.2) is 29.0 Å². The Bertz CT molecular complexity index is 752. The molecule has 0 atom stereocenters. The Morgan fingerprint density at radius 3 is 2.61 bits per heavy atom. The molecule has 1 heterocycles. The topological polar surface area (TPSA) is 81.4 Å². The summed E-state index contributed by atoms with van der Waals surface area (Å²) in [5, 5.41) is 6.97. The molecule has 0 aliphatic carbocycles. The van der Waals surface area contributed by atoms with Crippen molar-refractivity contribution in [3.8, 4) is 0 Å². The molecule has 1 aromatic heterocycles. The number of ether oxygens (including phenoxy) is 1. The number of hydrogen-bond donors (Lipinski definition) is 1. The second kappa shape index (κ2) is 6.42. The smallest absolute Gasteiger partial charge is 0.343 e. The van der Waals surface area contributed by atoms with E-state index in [0.717, 1.165) is 5.56 Å². The highest BCUT2D eigenvalue weighted by Crippen LogP contribution is 2.25. The van der Waals surface area contributed by atoms with E-state index in [4.69, 9.17) is 16.1 Å². The summed E-state index contributed by atoms with van der Waals surface area (Å²) in [6.07, 6.45) is 1.19. The molecule has 0 unspecified atom stereocenters. The van der Waals surface area contributed by atoms with Crippen LogP contribution < -0.4 is 5.32 Å². The van der Waals surface area contributed by atoms with Gasteiger partial charge in [0.25, 0.3) is 5.91 Å². The van der Waals surface area contributed by atoms with Gasteiger partial charge >= 0.3 is 5.97 Å². The zero-order valence-corrected chi connectivity index (χ0v) is 14.0. The Kier molecular flexibility index (Phi) is 4.75. The lowest BCUT2D eigenvalue weighted by Gasteiger charge is -2.25. The molecule has 0 aliphatic rings. The van der Waals surface area contributed by atoms with Gasteiger partial charge in [0.15, 0.2) is 0 Å². The summed E-state index contributed by atoms with van der Waals surface area (Å²) >= 11 is 6.11. The van der Waals surface area contributed by atoms with Crippen LogP contribution in [0.2, 0.25) is 5.02 Å². The minimum absolute atomic E-state index is 0.160. The second-order valence-corrected chi connectivity index (χ2v) is 6.04. The SMILES string of the molecule is COC(=O)c1conc1C(C)(C)NC(=O)c1ccc(C)cc1Cl. The van der Waals surface area contributed by atoms with Crippen molar-refractivity contribution in [3.63, 3.8) is 0 Å². The molecule has 1 N–H and O–H groups in total. The number of esters is 1. The van der Waals surface area contributed by atoms with E-state index >= 15 is 0 Å². The maximum absolute atomic E-state index is 12.5. The van der Waals surface area contributed by atoms with Crippen molar-refractivity contribution < 1.29 is 18.8 Å². The second-order valence-electron chi connectivity index (χ2n) is 5.63. The first-order valence-corrected chi connectivity index (χ1v) is 7.26. The summed E-state index contributed by atoms with van der Waals surface area (Å²) in [4.78, 5) is 24.2. The largest absolute Gasteiger partial charge is 0.465 e. The summed E-state index contributed by atoms with van der Waals surface area (Å²) in [6.45, 7) is 5.30. The van der Waals surface area contributed by atoms with Crippen LogP contribution in [0.4, 0.5) is 0 Å². The lowest BCUT2D eigenvalue weighted by Crippen LogP contribution is -2.42. The molecule has 1 aromatic carbocycles. The number of methoxy groups -OCH3 is 1. The minimum Gasteiger partial charge on any atom is -0.465 e. The summed E-state index contributed by atoms with van der Waals surface area (Å²) in [5.74, 6) is -0.962. The quantitative estimate of drug-likeness (QED) is 0.868. The van der Waals surface area contributed by atoms with Gasteiger partial charge < -0.3 is 14.6 Å². The van der Waals surface area contributed by atoms with E-state index in [1.165, 1.54) is 13.4 Å². The van der Waals surface area contributed by atoms with Crippen LogP contribution in [0.3, 0.4) is 0 Å². The molecular weight excluding hydrogens is 320 g/mol. The van der Waals surface area contributed by atoms with Gasteiger partial charge in [-0.2, -0.15) is 0 Å². The fourth-order valence-electron chi connectivity index (χ4n) is 2.16. The Morgan fingerprint density at radius 1 is 1.30 bits per heavy atom. The average Bonchev–Trinajstić information content (AvgIpc) is 2.96. The third-order valence-corrected chi connectivity index (χ3v) is 3.67. The highest BCUT2D eigenvalue weighted by molar-refractivity contribution is 6.33. The predicted octanol–water partition coefficient (Wildman–Crippen LogP) is 3.09. The summed E-state index contributed by atoms with van der Waals surface area (Å²) in [7, 11) is 1.26. The molecule has 0 bridgehead atoms. The zero-order chi connectivity index (χ0) is 17.2. The summed E-state index contributed by atoms with van der Waals surface area (Å²) in [6, 6.07) is 5.15. The number of halogens is 1. The molecule has 2 rings (SSSR count). The van der Waals surface area contributed by atoms with Crippen LogP contribution in [0.5, 0.6) is 0 Å². The van der Waals surface area contributed by atoms with E-state index in [0.29, 0.717) is 10.6 Å². The predicted molar refractivity (Wildman–Crippen MR) is 84.5 cm³/mol. The molecule has 6 nitrogen and oxygen atoms in total. The van der Waals surface area contributed by atoms with Crippen LogP contribution in [0, 0.1) is 6.92 Å². The maximum atomic E-state index is 12.5. The van der Waals surface area contributed by atoms with Crippen molar-refractivity contribution in [2.75, 3.05) is 7.11 Å². The molecule has 23 heavy (non-hydrogen) atoms. The first kappa shape index (κ1) is 17.0. The number of benzene rings is 1. The lowest BCUT2D eigenvalue weighted by atomic mass is 9.96. The van der Waals surface area contributed by atoms with Gasteiger partial charge in [-0.1, -0.05) is 22.8 Å². The number of aromatic nitrogens is 1. The highest BCUT2D eigenvalue weighted by Gasteiger charge is 2.32. The van der Waals surface area contributed by atoms with Crippen molar-refractivity contribution in [3.05, 3.63) is 51.9 Å². The fourth-order valence-corrected chi connectivity index (χ4v) is 2.48. The standard InChI is InChI=1S/C16H17ClN2O4/c1-9-5-6-10(12(17)7-9)14(20)18-16(2,3)13-11(8-23-19-13)15(21)22-4/h5-8H,1-4H3,(H,18,20). The molecule has 0 radical (unpaired) electrons. The van der Waals surface area contributed by atoms with Crippen LogP contribution in [-0.2, 0) is 10.3 Å². The van der Waals surface area contributed by atoms with E-state index in [1.807, 2.05) is 6.92 Å². The number of carbonyl (C=O) groups is 2. The fraction of sp³-hybridized carbons (Fsp3) is 0.312. The molecule has 0 aliphatic heterocycles. The van der Waals surface area contributed by atoms with E-state index < -0.39 is 11.5 Å². The van der Waals surface area contributed by atoms with Crippen molar-refractivity contribution in [1.29, 1.82) is 0 Å². The first-order valence-electron chi connectivity index (χ1n) is 6.88. The van der Waals surface area contributed by atoms with Crippen molar-refractivity contribution in [2.45, 2.75) is 26.3 Å². The minimum atomic E-state index is -0.957. The van der Waals surface area contributed by atoms with Gasteiger partial charge in [0.2, 0.25) is 0 Å². The Hall–Kier alpha value is -2.34.